The second kappa shape index (κ2) is 6.07. The molecule has 0 saturated heterocycles. The van der Waals surface area contributed by atoms with Crippen molar-refractivity contribution >= 4 is 23.2 Å². The Morgan fingerprint density at radius 2 is 1.72 bits per heavy atom. The highest BCUT2D eigenvalue weighted by atomic mass is 35.5. The topological polar surface area (TPSA) is 46.2 Å². The van der Waals surface area contributed by atoms with E-state index >= 15 is 0 Å². The van der Waals surface area contributed by atoms with Crippen LogP contribution in [-0.4, -0.2) is 5.11 Å². The lowest BCUT2D eigenvalue weighted by molar-refractivity contribution is 0.457. The summed E-state index contributed by atoms with van der Waals surface area (Å²) in [5.41, 5.74) is 7.38. The zero-order valence-corrected chi connectivity index (χ0v) is 11.6. The van der Waals surface area contributed by atoms with Gasteiger partial charge >= 0.3 is 0 Å². The number of halogens is 1. The predicted octanol–water partition coefficient (Wildman–Crippen LogP) is 4.01. The molecule has 1 unspecified atom stereocenters. The molecule has 0 fully saturated rings. The van der Waals surface area contributed by atoms with E-state index in [0.29, 0.717) is 11.7 Å². The van der Waals surface area contributed by atoms with Crippen LogP contribution in [0.2, 0.25) is 0 Å². The number of aromatic hydroxyl groups is 1. The third-order valence-corrected chi connectivity index (χ3v) is 3.49. The Morgan fingerprint density at radius 1 is 1.11 bits per heavy atom. The number of fused-ring (bicyclic) bond motifs is 1. The Hall–Kier alpha value is -1.25. The molecule has 0 spiro atoms. The van der Waals surface area contributed by atoms with Gasteiger partial charge in [0.05, 0.1) is 0 Å². The van der Waals surface area contributed by atoms with Gasteiger partial charge in [-0.3, -0.25) is 0 Å². The molecule has 0 aromatic heterocycles. The van der Waals surface area contributed by atoms with Gasteiger partial charge in [-0.15, -0.1) is 12.4 Å². The first-order valence-electron chi connectivity index (χ1n) is 6.10. The molecule has 98 valence electrons. The smallest absolute Gasteiger partial charge is 0.116 e. The fourth-order valence-electron chi connectivity index (χ4n) is 2.04. The summed E-state index contributed by atoms with van der Waals surface area (Å²) >= 11 is 0. The van der Waals surface area contributed by atoms with Gasteiger partial charge in [0.2, 0.25) is 0 Å². The van der Waals surface area contributed by atoms with Gasteiger partial charge in [-0.1, -0.05) is 38.5 Å². The highest BCUT2D eigenvalue weighted by Crippen LogP contribution is 2.26. The third-order valence-electron chi connectivity index (χ3n) is 3.49. The quantitative estimate of drug-likeness (QED) is 0.881. The van der Waals surface area contributed by atoms with Crippen LogP contribution in [0.15, 0.2) is 36.4 Å². The number of hydrogen-bond donors (Lipinski definition) is 2. The first kappa shape index (κ1) is 14.8. The molecule has 0 aliphatic rings. The van der Waals surface area contributed by atoms with Gasteiger partial charge in [-0.05, 0) is 40.5 Å². The monoisotopic (exact) mass is 265 g/mol. The molecule has 0 saturated carbocycles. The summed E-state index contributed by atoms with van der Waals surface area (Å²) in [6.07, 6.45) is 1.08. The van der Waals surface area contributed by atoms with Gasteiger partial charge in [0.25, 0.3) is 0 Å². The Bertz CT molecular complexity index is 527. The maximum absolute atomic E-state index is 9.41. The number of phenolic OH excluding ortho intramolecular Hbond substituents is 1. The molecule has 2 aromatic carbocycles. The number of nitrogens with two attached hydrogens (primary N) is 1. The summed E-state index contributed by atoms with van der Waals surface area (Å²) in [4.78, 5) is 0. The first-order chi connectivity index (χ1) is 8.11. The van der Waals surface area contributed by atoms with E-state index in [2.05, 4.69) is 26.0 Å². The molecule has 0 aliphatic heterocycles. The van der Waals surface area contributed by atoms with Crippen LogP contribution in [0.1, 0.15) is 31.9 Å². The summed E-state index contributed by atoms with van der Waals surface area (Å²) in [7, 11) is 0. The Morgan fingerprint density at radius 3 is 2.39 bits per heavy atom. The number of hydrogen-bond acceptors (Lipinski definition) is 2. The standard InChI is InChI=1S/C15H19NO.ClH/c1-3-10(2)15(16)13-5-4-12-9-14(17)7-6-11(12)8-13;/h4-10,15,17H,3,16H2,1-2H3;1H/t10?,15-;/m0./s1. The third kappa shape index (κ3) is 2.95. The molecule has 0 aliphatic carbocycles. The Kier molecular flexibility index (Phi) is 5.00. The zero-order chi connectivity index (χ0) is 12.4. The minimum Gasteiger partial charge on any atom is -0.508 e. The maximum atomic E-state index is 9.41. The summed E-state index contributed by atoms with van der Waals surface area (Å²) in [5, 5.41) is 11.6. The van der Waals surface area contributed by atoms with Crippen LogP contribution in [0.4, 0.5) is 0 Å². The summed E-state index contributed by atoms with van der Waals surface area (Å²) in [5.74, 6) is 0.779. The SMILES string of the molecule is CCC(C)[C@H](N)c1ccc2cc(O)ccc2c1.Cl. The minimum atomic E-state index is 0. The molecule has 3 N–H and O–H groups in total. The summed E-state index contributed by atoms with van der Waals surface area (Å²) in [6, 6.07) is 11.7. The molecule has 3 heteroatoms. The van der Waals surface area contributed by atoms with Crippen molar-refractivity contribution in [1.29, 1.82) is 0 Å². The minimum absolute atomic E-state index is 0. The lowest BCUT2D eigenvalue weighted by Crippen LogP contribution is -2.18. The lowest BCUT2D eigenvalue weighted by atomic mass is 9.92. The van der Waals surface area contributed by atoms with Crippen molar-refractivity contribution in [1.82, 2.24) is 0 Å². The van der Waals surface area contributed by atoms with Crippen molar-refractivity contribution < 1.29 is 5.11 Å². The van der Waals surface area contributed by atoms with Crippen LogP contribution in [0.3, 0.4) is 0 Å². The van der Waals surface area contributed by atoms with E-state index in [4.69, 9.17) is 5.73 Å². The van der Waals surface area contributed by atoms with Crippen LogP contribution < -0.4 is 5.73 Å². The molecule has 18 heavy (non-hydrogen) atoms. The highest BCUT2D eigenvalue weighted by Gasteiger charge is 2.13. The van der Waals surface area contributed by atoms with E-state index < -0.39 is 0 Å². The molecule has 0 amide bonds. The normalized spacial score (nSPS) is 13.9. The van der Waals surface area contributed by atoms with Crippen LogP contribution in [-0.2, 0) is 0 Å². The average molecular weight is 266 g/mol. The largest absolute Gasteiger partial charge is 0.508 e. The molecule has 0 radical (unpaired) electrons. The first-order valence-corrected chi connectivity index (χ1v) is 6.10. The van der Waals surface area contributed by atoms with E-state index in [1.54, 1.807) is 12.1 Å². The summed E-state index contributed by atoms with van der Waals surface area (Å²) < 4.78 is 0. The van der Waals surface area contributed by atoms with Crippen LogP contribution in [0, 0.1) is 5.92 Å². The highest BCUT2D eigenvalue weighted by molar-refractivity contribution is 5.85. The van der Waals surface area contributed by atoms with Crippen molar-refractivity contribution in [3.05, 3.63) is 42.0 Å². The second-order valence-corrected chi connectivity index (χ2v) is 4.70. The van der Waals surface area contributed by atoms with E-state index in [1.807, 2.05) is 12.1 Å². The van der Waals surface area contributed by atoms with Gasteiger partial charge < -0.3 is 10.8 Å². The molecule has 2 atom stereocenters. The van der Waals surface area contributed by atoms with Crippen LogP contribution in [0.25, 0.3) is 10.8 Å². The average Bonchev–Trinajstić information content (AvgIpc) is 2.36. The molecule has 0 heterocycles. The number of phenols is 1. The number of rotatable bonds is 3. The van der Waals surface area contributed by atoms with Gasteiger partial charge in [-0.2, -0.15) is 0 Å². The number of benzene rings is 2. The fourth-order valence-corrected chi connectivity index (χ4v) is 2.04. The van der Waals surface area contributed by atoms with Gasteiger partial charge in [0.15, 0.2) is 0 Å². The molecule has 0 bridgehead atoms. The predicted molar refractivity (Wildman–Crippen MR) is 79.2 cm³/mol. The molecule has 2 rings (SSSR count). The molecular weight excluding hydrogens is 246 g/mol. The summed E-state index contributed by atoms with van der Waals surface area (Å²) in [6.45, 7) is 4.33. The van der Waals surface area contributed by atoms with Crippen molar-refractivity contribution in [2.24, 2.45) is 11.7 Å². The zero-order valence-electron chi connectivity index (χ0n) is 10.8. The van der Waals surface area contributed by atoms with Crippen LogP contribution in [0.5, 0.6) is 5.75 Å². The van der Waals surface area contributed by atoms with E-state index in [9.17, 15) is 5.11 Å². The van der Waals surface area contributed by atoms with Gasteiger partial charge in [0, 0.05) is 6.04 Å². The molecule has 2 aromatic rings. The van der Waals surface area contributed by atoms with E-state index in [1.165, 1.54) is 0 Å². The van der Waals surface area contributed by atoms with Crippen LogP contribution >= 0.6 is 12.4 Å². The van der Waals surface area contributed by atoms with Gasteiger partial charge in [-0.25, -0.2) is 0 Å². The Labute approximate surface area is 114 Å². The Balaban J connectivity index is 0.00000162. The van der Waals surface area contributed by atoms with Crippen molar-refractivity contribution in [2.45, 2.75) is 26.3 Å². The lowest BCUT2D eigenvalue weighted by Gasteiger charge is -2.19. The molecule has 2 nitrogen and oxygen atoms in total. The van der Waals surface area contributed by atoms with Crippen molar-refractivity contribution in [3.63, 3.8) is 0 Å². The maximum Gasteiger partial charge on any atom is 0.116 e. The fraction of sp³-hybridized carbons (Fsp3) is 0.333. The second-order valence-electron chi connectivity index (χ2n) is 4.70. The van der Waals surface area contributed by atoms with E-state index in [-0.39, 0.29) is 18.4 Å². The van der Waals surface area contributed by atoms with Gasteiger partial charge in [0.1, 0.15) is 5.75 Å². The van der Waals surface area contributed by atoms with Crippen molar-refractivity contribution in [3.8, 4) is 5.75 Å². The van der Waals surface area contributed by atoms with Crippen molar-refractivity contribution in [2.75, 3.05) is 0 Å². The van der Waals surface area contributed by atoms with E-state index in [0.717, 1.165) is 22.8 Å². The molecular formula is C15H20ClNO.